The van der Waals surface area contributed by atoms with E-state index in [1.54, 1.807) is 19.4 Å². The van der Waals surface area contributed by atoms with Crippen molar-refractivity contribution in [3.8, 4) is 11.8 Å². The van der Waals surface area contributed by atoms with E-state index in [1.165, 1.54) is 6.20 Å². The van der Waals surface area contributed by atoms with E-state index in [4.69, 9.17) is 14.7 Å². The van der Waals surface area contributed by atoms with Gasteiger partial charge in [-0.15, -0.1) is 0 Å². The van der Waals surface area contributed by atoms with Gasteiger partial charge >= 0.3 is 6.09 Å². The van der Waals surface area contributed by atoms with Crippen molar-refractivity contribution in [1.82, 2.24) is 15.6 Å². The van der Waals surface area contributed by atoms with Gasteiger partial charge in [0.2, 0.25) is 0 Å². The van der Waals surface area contributed by atoms with Gasteiger partial charge < -0.3 is 25.6 Å². The number of carbonyl (C=O) groups excluding carboxylic acids is 1. The molecule has 1 aromatic heterocycles. The SMILES string of the molecule is COc1ccc(CC2NCCC2OC(=O)NCCc2ccncc2C#N)cc1.O. The highest BCUT2D eigenvalue weighted by atomic mass is 16.6. The van der Waals surface area contributed by atoms with Crippen molar-refractivity contribution in [3.63, 3.8) is 0 Å². The third-order valence-corrected chi connectivity index (χ3v) is 4.85. The summed E-state index contributed by atoms with van der Waals surface area (Å²) < 4.78 is 10.8. The van der Waals surface area contributed by atoms with Gasteiger partial charge in [-0.05, 0) is 55.1 Å². The number of hydrogen-bond donors (Lipinski definition) is 2. The van der Waals surface area contributed by atoms with Crippen LogP contribution in [0, 0.1) is 11.3 Å². The van der Waals surface area contributed by atoms with Gasteiger partial charge in [0.1, 0.15) is 17.9 Å². The molecule has 154 valence electrons. The van der Waals surface area contributed by atoms with E-state index < -0.39 is 6.09 Å². The summed E-state index contributed by atoms with van der Waals surface area (Å²) in [5.74, 6) is 0.823. The number of benzene rings is 1. The fourth-order valence-corrected chi connectivity index (χ4v) is 3.32. The molecular weight excluding hydrogens is 372 g/mol. The smallest absolute Gasteiger partial charge is 0.407 e. The summed E-state index contributed by atoms with van der Waals surface area (Å²) in [6, 6.07) is 11.9. The molecule has 3 rings (SSSR count). The van der Waals surface area contributed by atoms with E-state index in [2.05, 4.69) is 21.7 Å². The molecule has 1 aromatic carbocycles. The minimum absolute atomic E-state index is 0. The highest BCUT2D eigenvalue weighted by Crippen LogP contribution is 2.18. The summed E-state index contributed by atoms with van der Waals surface area (Å²) in [5.41, 5.74) is 2.55. The zero-order valence-electron chi connectivity index (χ0n) is 16.4. The summed E-state index contributed by atoms with van der Waals surface area (Å²) in [6.07, 6.45) is 4.70. The number of methoxy groups -OCH3 is 1. The molecule has 0 spiro atoms. The van der Waals surface area contributed by atoms with Crippen LogP contribution in [0.4, 0.5) is 4.79 Å². The predicted octanol–water partition coefficient (Wildman–Crippen LogP) is 1.38. The lowest BCUT2D eigenvalue weighted by molar-refractivity contribution is 0.0902. The average Bonchev–Trinajstić information content (AvgIpc) is 3.15. The maximum absolute atomic E-state index is 12.2. The Morgan fingerprint density at radius 1 is 1.34 bits per heavy atom. The van der Waals surface area contributed by atoms with Gasteiger partial charge in [0.15, 0.2) is 0 Å². The highest BCUT2D eigenvalue weighted by Gasteiger charge is 2.30. The van der Waals surface area contributed by atoms with Crippen molar-refractivity contribution >= 4 is 6.09 Å². The van der Waals surface area contributed by atoms with Gasteiger partial charge in [-0.2, -0.15) is 5.26 Å². The van der Waals surface area contributed by atoms with E-state index in [0.717, 1.165) is 36.3 Å². The van der Waals surface area contributed by atoms with Gasteiger partial charge in [0.05, 0.1) is 12.7 Å². The fourth-order valence-electron chi connectivity index (χ4n) is 3.32. The lowest BCUT2D eigenvalue weighted by Gasteiger charge is -2.20. The molecule has 2 unspecified atom stereocenters. The number of carbonyl (C=O) groups is 1. The van der Waals surface area contributed by atoms with Crippen LogP contribution in [0.1, 0.15) is 23.1 Å². The number of nitrogens with one attached hydrogen (secondary N) is 2. The van der Waals surface area contributed by atoms with Crippen LogP contribution < -0.4 is 15.4 Å². The lowest BCUT2D eigenvalue weighted by atomic mass is 10.0. The molecule has 2 atom stereocenters. The standard InChI is InChI=1S/C21H24N4O3.H2O/c1-27-18-4-2-15(3-5-18)12-19-20(8-11-24-19)28-21(26)25-10-7-16-6-9-23-14-17(16)13-22;/h2-6,9,14,19-20,24H,7-8,10-12H2,1H3,(H,25,26);1H2. The molecule has 1 aliphatic heterocycles. The van der Waals surface area contributed by atoms with E-state index in [1.807, 2.05) is 24.3 Å². The van der Waals surface area contributed by atoms with Gasteiger partial charge in [-0.25, -0.2) is 4.79 Å². The molecule has 1 amide bonds. The monoisotopic (exact) mass is 398 g/mol. The molecule has 4 N–H and O–H groups in total. The Morgan fingerprint density at radius 2 is 2.14 bits per heavy atom. The minimum atomic E-state index is -0.430. The van der Waals surface area contributed by atoms with Crippen LogP contribution in [0.5, 0.6) is 5.75 Å². The molecule has 8 nitrogen and oxygen atoms in total. The van der Waals surface area contributed by atoms with Crippen LogP contribution in [0.15, 0.2) is 42.7 Å². The Morgan fingerprint density at radius 3 is 2.86 bits per heavy atom. The molecule has 0 bridgehead atoms. The van der Waals surface area contributed by atoms with E-state index >= 15 is 0 Å². The van der Waals surface area contributed by atoms with Crippen LogP contribution in [-0.2, 0) is 17.6 Å². The van der Waals surface area contributed by atoms with Crippen molar-refractivity contribution in [3.05, 3.63) is 59.4 Å². The second-order valence-electron chi connectivity index (χ2n) is 6.67. The Kier molecular flexibility index (Phi) is 8.40. The number of alkyl carbamates (subject to hydrolysis) is 1. The van der Waals surface area contributed by atoms with Crippen LogP contribution in [-0.4, -0.2) is 48.9 Å². The molecule has 2 heterocycles. The largest absolute Gasteiger partial charge is 0.497 e. The van der Waals surface area contributed by atoms with Crippen LogP contribution in [0.3, 0.4) is 0 Å². The number of pyridine rings is 1. The lowest BCUT2D eigenvalue weighted by Crippen LogP contribution is -2.38. The van der Waals surface area contributed by atoms with E-state index in [0.29, 0.717) is 18.5 Å². The average molecular weight is 398 g/mol. The minimum Gasteiger partial charge on any atom is -0.497 e. The summed E-state index contributed by atoms with van der Waals surface area (Å²) in [5, 5.41) is 15.3. The van der Waals surface area contributed by atoms with Crippen molar-refractivity contribution in [2.75, 3.05) is 20.2 Å². The molecule has 1 aliphatic rings. The quantitative estimate of drug-likeness (QED) is 0.725. The van der Waals surface area contributed by atoms with E-state index in [9.17, 15) is 4.79 Å². The molecule has 29 heavy (non-hydrogen) atoms. The summed E-state index contributed by atoms with van der Waals surface area (Å²) >= 11 is 0. The Bertz CT molecular complexity index is 835. The predicted molar refractivity (Wildman–Crippen MR) is 108 cm³/mol. The summed E-state index contributed by atoms with van der Waals surface area (Å²) in [4.78, 5) is 16.1. The fraction of sp³-hybridized carbons (Fsp3) is 0.381. The first-order valence-corrected chi connectivity index (χ1v) is 9.33. The second kappa shape index (κ2) is 11.0. The van der Waals surface area contributed by atoms with Crippen LogP contribution >= 0.6 is 0 Å². The Balaban J connectivity index is 0.00000300. The normalized spacial score (nSPS) is 17.7. The number of nitriles is 1. The molecule has 0 radical (unpaired) electrons. The van der Waals surface area contributed by atoms with Crippen LogP contribution in [0.2, 0.25) is 0 Å². The van der Waals surface area contributed by atoms with Gasteiger partial charge in [0.25, 0.3) is 0 Å². The Hall–Kier alpha value is -3.15. The van der Waals surface area contributed by atoms with Crippen molar-refractivity contribution < 1.29 is 19.7 Å². The maximum Gasteiger partial charge on any atom is 0.407 e. The van der Waals surface area contributed by atoms with E-state index in [-0.39, 0.29) is 17.6 Å². The zero-order chi connectivity index (χ0) is 19.8. The number of aromatic nitrogens is 1. The first-order chi connectivity index (χ1) is 13.7. The third-order valence-electron chi connectivity index (χ3n) is 4.85. The zero-order valence-corrected chi connectivity index (χ0v) is 16.4. The number of rotatable bonds is 7. The van der Waals surface area contributed by atoms with Gasteiger partial charge in [-0.3, -0.25) is 4.98 Å². The molecule has 1 fully saturated rings. The number of ether oxygens (including phenoxy) is 2. The maximum atomic E-state index is 12.2. The number of nitrogens with zero attached hydrogens (tertiary/aromatic N) is 2. The highest BCUT2D eigenvalue weighted by molar-refractivity contribution is 5.67. The topological polar surface area (TPSA) is 128 Å². The van der Waals surface area contributed by atoms with Crippen LogP contribution in [0.25, 0.3) is 0 Å². The van der Waals surface area contributed by atoms with Crippen molar-refractivity contribution in [1.29, 1.82) is 5.26 Å². The first-order valence-electron chi connectivity index (χ1n) is 9.33. The summed E-state index contributed by atoms with van der Waals surface area (Å²) in [7, 11) is 1.64. The second-order valence-corrected chi connectivity index (χ2v) is 6.67. The molecule has 2 aromatic rings. The molecule has 0 aliphatic carbocycles. The third kappa shape index (κ3) is 6.17. The van der Waals surface area contributed by atoms with Crippen molar-refractivity contribution in [2.24, 2.45) is 0 Å². The van der Waals surface area contributed by atoms with Gasteiger partial charge in [-0.1, -0.05) is 12.1 Å². The Labute approximate surface area is 170 Å². The molecular formula is C21H26N4O4. The molecule has 0 saturated carbocycles. The number of amides is 1. The summed E-state index contributed by atoms with van der Waals surface area (Å²) in [6.45, 7) is 1.22. The van der Waals surface area contributed by atoms with Crippen molar-refractivity contribution in [2.45, 2.75) is 31.4 Å². The van der Waals surface area contributed by atoms with Gasteiger partial charge in [0, 0.05) is 25.0 Å². The number of hydrogen-bond acceptors (Lipinski definition) is 6. The molecule has 8 heteroatoms. The first kappa shape index (κ1) is 22.1. The molecule has 1 saturated heterocycles.